The van der Waals surface area contributed by atoms with E-state index in [1.165, 1.54) is 0 Å². The van der Waals surface area contributed by atoms with E-state index < -0.39 is 5.97 Å². The Morgan fingerprint density at radius 3 is 2.50 bits per heavy atom. The van der Waals surface area contributed by atoms with Crippen LogP contribution in [0, 0.1) is 13.8 Å². The highest BCUT2D eigenvalue weighted by Crippen LogP contribution is 2.18. The number of ether oxygens (including phenoxy) is 1. The van der Waals surface area contributed by atoms with E-state index in [1.807, 2.05) is 0 Å². The van der Waals surface area contributed by atoms with Gasteiger partial charge in [-0.25, -0.2) is 4.79 Å². The number of aromatic nitrogens is 1. The van der Waals surface area contributed by atoms with Gasteiger partial charge in [-0.3, -0.25) is 4.79 Å². The van der Waals surface area contributed by atoms with Crippen LogP contribution in [-0.4, -0.2) is 30.5 Å². The van der Waals surface area contributed by atoms with E-state index in [4.69, 9.17) is 4.74 Å². The van der Waals surface area contributed by atoms with Gasteiger partial charge in [-0.05, 0) is 26.3 Å². The summed E-state index contributed by atoms with van der Waals surface area (Å²) in [5, 5.41) is 2.51. The average molecular weight is 224 g/mol. The van der Waals surface area contributed by atoms with Crippen molar-refractivity contribution in [3.8, 4) is 0 Å². The molecule has 0 saturated heterocycles. The summed E-state index contributed by atoms with van der Waals surface area (Å²) in [7, 11) is 1.54. The van der Waals surface area contributed by atoms with Gasteiger partial charge in [-0.1, -0.05) is 0 Å². The molecule has 0 spiro atoms. The number of carbonyl (C=O) groups is 2. The van der Waals surface area contributed by atoms with E-state index >= 15 is 0 Å². The first-order chi connectivity index (χ1) is 7.52. The van der Waals surface area contributed by atoms with Crippen LogP contribution in [-0.2, 0) is 4.74 Å². The van der Waals surface area contributed by atoms with Crippen LogP contribution in [0.3, 0.4) is 0 Å². The van der Waals surface area contributed by atoms with E-state index in [2.05, 4.69) is 10.3 Å². The summed E-state index contributed by atoms with van der Waals surface area (Å²) >= 11 is 0. The molecule has 2 N–H and O–H groups in total. The van der Waals surface area contributed by atoms with E-state index in [0.717, 1.165) is 0 Å². The second-order valence-electron chi connectivity index (χ2n) is 3.42. The third-order valence-corrected chi connectivity index (χ3v) is 2.37. The van der Waals surface area contributed by atoms with Gasteiger partial charge >= 0.3 is 5.97 Å². The van der Waals surface area contributed by atoms with Gasteiger partial charge in [0.2, 0.25) is 0 Å². The molecule has 0 bridgehead atoms. The molecule has 0 aliphatic rings. The first-order valence-electron chi connectivity index (χ1n) is 5.11. The van der Waals surface area contributed by atoms with Crippen molar-refractivity contribution in [1.82, 2.24) is 10.3 Å². The summed E-state index contributed by atoms with van der Waals surface area (Å²) < 4.78 is 4.93. The molecular formula is C11H16N2O3. The van der Waals surface area contributed by atoms with Crippen LogP contribution in [0.1, 0.15) is 39.0 Å². The summed E-state index contributed by atoms with van der Waals surface area (Å²) in [6.45, 7) is 5.53. The number of carbonyl (C=O) groups excluding carboxylic acids is 2. The monoisotopic (exact) mass is 224 g/mol. The van der Waals surface area contributed by atoms with Crippen molar-refractivity contribution >= 4 is 11.9 Å². The molecule has 5 heteroatoms. The molecule has 16 heavy (non-hydrogen) atoms. The number of aryl methyl sites for hydroxylation is 1. The van der Waals surface area contributed by atoms with Crippen LogP contribution in [0.5, 0.6) is 0 Å². The fourth-order valence-corrected chi connectivity index (χ4v) is 1.61. The molecule has 0 atom stereocenters. The average Bonchev–Trinajstić information content (AvgIpc) is 2.53. The number of nitrogens with one attached hydrogen (secondary N) is 2. The molecule has 1 aromatic rings. The molecule has 0 aliphatic heterocycles. The van der Waals surface area contributed by atoms with E-state index in [1.54, 1.807) is 27.8 Å². The summed E-state index contributed by atoms with van der Waals surface area (Å²) in [6.07, 6.45) is 0. The largest absolute Gasteiger partial charge is 0.462 e. The highest BCUT2D eigenvalue weighted by molar-refractivity contribution is 6.00. The van der Waals surface area contributed by atoms with Crippen molar-refractivity contribution in [2.45, 2.75) is 20.8 Å². The maximum atomic E-state index is 11.6. The number of hydrogen-bond acceptors (Lipinski definition) is 3. The molecule has 1 amide bonds. The molecular weight excluding hydrogens is 208 g/mol. The van der Waals surface area contributed by atoms with Crippen LogP contribution in [0.4, 0.5) is 0 Å². The Kier molecular flexibility index (Phi) is 3.71. The fourth-order valence-electron chi connectivity index (χ4n) is 1.61. The van der Waals surface area contributed by atoms with Crippen LogP contribution in [0.15, 0.2) is 0 Å². The Bertz CT molecular complexity index is 421. The molecule has 1 heterocycles. The first kappa shape index (κ1) is 12.3. The Morgan fingerprint density at radius 2 is 2.00 bits per heavy atom. The van der Waals surface area contributed by atoms with Crippen molar-refractivity contribution in [3.05, 3.63) is 22.5 Å². The molecule has 0 aliphatic carbocycles. The molecule has 0 aromatic carbocycles. The smallest absolute Gasteiger partial charge is 0.340 e. The summed E-state index contributed by atoms with van der Waals surface area (Å²) in [4.78, 5) is 26.0. The number of rotatable bonds is 3. The number of amides is 1. The van der Waals surface area contributed by atoms with Gasteiger partial charge in [0.25, 0.3) is 5.91 Å². The topological polar surface area (TPSA) is 71.2 Å². The second-order valence-corrected chi connectivity index (χ2v) is 3.42. The number of hydrogen-bond donors (Lipinski definition) is 2. The molecule has 0 radical (unpaired) electrons. The Morgan fingerprint density at radius 1 is 1.38 bits per heavy atom. The lowest BCUT2D eigenvalue weighted by Crippen LogP contribution is -2.19. The SMILES string of the molecule is CCOC(=O)c1c(C)[nH]c(C(=O)NC)c1C. The van der Waals surface area contributed by atoms with Crippen molar-refractivity contribution in [2.24, 2.45) is 0 Å². The molecule has 88 valence electrons. The van der Waals surface area contributed by atoms with Gasteiger partial charge in [-0.2, -0.15) is 0 Å². The lowest BCUT2D eigenvalue weighted by Gasteiger charge is -2.02. The van der Waals surface area contributed by atoms with Crippen molar-refractivity contribution in [3.63, 3.8) is 0 Å². The molecule has 1 rings (SSSR count). The van der Waals surface area contributed by atoms with Gasteiger partial charge in [-0.15, -0.1) is 0 Å². The number of H-pyrrole nitrogens is 1. The molecule has 0 saturated carbocycles. The molecule has 0 unspecified atom stereocenters. The van der Waals surface area contributed by atoms with Crippen LogP contribution < -0.4 is 5.32 Å². The molecule has 5 nitrogen and oxygen atoms in total. The third-order valence-electron chi connectivity index (χ3n) is 2.37. The first-order valence-corrected chi connectivity index (χ1v) is 5.11. The van der Waals surface area contributed by atoms with Gasteiger partial charge in [0, 0.05) is 12.7 Å². The summed E-state index contributed by atoms with van der Waals surface area (Å²) in [5.74, 6) is -0.639. The number of esters is 1. The van der Waals surface area contributed by atoms with Crippen LogP contribution in [0.2, 0.25) is 0 Å². The van der Waals surface area contributed by atoms with Gasteiger partial charge < -0.3 is 15.0 Å². The zero-order valence-corrected chi connectivity index (χ0v) is 9.93. The minimum absolute atomic E-state index is 0.240. The van der Waals surface area contributed by atoms with Gasteiger partial charge in [0.1, 0.15) is 5.69 Å². The summed E-state index contributed by atoms with van der Waals surface area (Å²) in [6, 6.07) is 0. The van der Waals surface area contributed by atoms with E-state index in [9.17, 15) is 9.59 Å². The Hall–Kier alpha value is -1.78. The Balaban J connectivity index is 3.17. The Labute approximate surface area is 94.2 Å². The maximum Gasteiger partial charge on any atom is 0.340 e. The molecule has 1 aromatic heterocycles. The van der Waals surface area contributed by atoms with Crippen molar-refractivity contribution in [1.29, 1.82) is 0 Å². The van der Waals surface area contributed by atoms with E-state index in [0.29, 0.717) is 29.1 Å². The minimum atomic E-state index is -0.399. The standard InChI is InChI=1S/C11H16N2O3/c1-5-16-11(15)8-6(2)9(10(14)12-4)13-7(8)3/h13H,5H2,1-4H3,(H,12,14). The number of aromatic amines is 1. The minimum Gasteiger partial charge on any atom is -0.462 e. The second kappa shape index (κ2) is 4.83. The third kappa shape index (κ3) is 2.08. The maximum absolute atomic E-state index is 11.6. The highest BCUT2D eigenvalue weighted by atomic mass is 16.5. The van der Waals surface area contributed by atoms with Crippen LogP contribution >= 0.6 is 0 Å². The lowest BCUT2D eigenvalue weighted by molar-refractivity contribution is 0.0525. The van der Waals surface area contributed by atoms with Crippen LogP contribution in [0.25, 0.3) is 0 Å². The quantitative estimate of drug-likeness (QED) is 0.757. The van der Waals surface area contributed by atoms with E-state index in [-0.39, 0.29) is 5.91 Å². The predicted molar refractivity (Wildman–Crippen MR) is 59.6 cm³/mol. The van der Waals surface area contributed by atoms with Gasteiger partial charge in [0.05, 0.1) is 12.2 Å². The lowest BCUT2D eigenvalue weighted by atomic mass is 10.1. The molecule has 0 fully saturated rings. The van der Waals surface area contributed by atoms with Gasteiger partial charge in [0.15, 0.2) is 0 Å². The van der Waals surface area contributed by atoms with Crippen molar-refractivity contribution in [2.75, 3.05) is 13.7 Å². The normalized spacial score (nSPS) is 10.0. The zero-order chi connectivity index (χ0) is 12.3. The highest BCUT2D eigenvalue weighted by Gasteiger charge is 2.21. The zero-order valence-electron chi connectivity index (χ0n) is 9.93. The fraction of sp³-hybridized carbons (Fsp3) is 0.455. The summed E-state index contributed by atoms with van der Waals surface area (Å²) in [5.41, 5.74) is 2.12. The van der Waals surface area contributed by atoms with Crippen molar-refractivity contribution < 1.29 is 14.3 Å². The predicted octanol–water partition coefficient (Wildman–Crippen LogP) is 1.17.